The summed E-state index contributed by atoms with van der Waals surface area (Å²) in [5, 5.41) is 6.45. The maximum absolute atomic E-state index is 12.4. The Morgan fingerprint density at radius 3 is 2.60 bits per heavy atom. The van der Waals surface area contributed by atoms with Gasteiger partial charge in [0.05, 0.1) is 19.1 Å². The number of halogens is 1. The van der Waals surface area contributed by atoms with E-state index in [9.17, 15) is 9.59 Å². The zero-order valence-electron chi connectivity index (χ0n) is 14.2. The van der Waals surface area contributed by atoms with E-state index in [1.807, 2.05) is 0 Å². The molecule has 2 amide bonds. The van der Waals surface area contributed by atoms with Gasteiger partial charge in [0.15, 0.2) is 0 Å². The lowest BCUT2D eigenvalue weighted by atomic mass is 9.85. The molecule has 0 aromatic heterocycles. The summed E-state index contributed by atoms with van der Waals surface area (Å²) in [4.78, 5) is 23.1. The Hall–Kier alpha value is -1.79. The Kier molecular flexibility index (Phi) is 7.08. The minimum absolute atomic E-state index is 0. The first-order valence-electron chi connectivity index (χ1n) is 8.70. The number of hydrogen-bond acceptors (Lipinski definition) is 4. The van der Waals surface area contributed by atoms with E-state index in [2.05, 4.69) is 10.6 Å². The summed E-state index contributed by atoms with van der Waals surface area (Å²) in [5.41, 5.74) is 5.82. The summed E-state index contributed by atoms with van der Waals surface area (Å²) in [6, 6.07) is 7.58. The number of hydrogen-bond donors (Lipinski definition) is 3. The van der Waals surface area contributed by atoms with E-state index < -0.39 is 0 Å². The highest BCUT2D eigenvalue weighted by Crippen LogP contribution is 2.33. The Bertz CT molecular complexity index is 580. The van der Waals surface area contributed by atoms with Gasteiger partial charge in [0, 0.05) is 11.7 Å². The van der Waals surface area contributed by atoms with E-state index in [0.29, 0.717) is 17.7 Å². The van der Waals surface area contributed by atoms with Gasteiger partial charge in [-0.25, -0.2) is 0 Å². The van der Waals surface area contributed by atoms with Crippen LogP contribution in [0.25, 0.3) is 0 Å². The number of anilines is 1. The molecule has 138 valence electrons. The van der Waals surface area contributed by atoms with Crippen LogP contribution in [0.5, 0.6) is 5.75 Å². The summed E-state index contributed by atoms with van der Waals surface area (Å²) in [6.45, 7) is 0.260. The van der Waals surface area contributed by atoms with Crippen LogP contribution < -0.4 is 21.1 Å². The fourth-order valence-corrected chi connectivity index (χ4v) is 3.65. The smallest absolute Gasteiger partial charge is 0.241 e. The van der Waals surface area contributed by atoms with Crippen LogP contribution in [-0.4, -0.2) is 30.5 Å². The molecule has 7 heteroatoms. The normalized spacial score (nSPS) is 24.7. The van der Waals surface area contributed by atoms with Gasteiger partial charge in [0.2, 0.25) is 11.8 Å². The predicted octanol–water partition coefficient (Wildman–Crippen LogP) is 2.22. The third-order valence-electron chi connectivity index (χ3n) is 4.92. The number of carbonyl (C=O) groups excluding carboxylic acids is 2. The number of benzene rings is 1. The Morgan fingerprint density at radius 1 is 1.20 bits per heavy atom. The van der Waals surface area contributed by atoms with Gasteiger partial charge in [-0.2, -0.15) is 0 Å². The maximum atomic E-state index is 12.4. The van der Waals surface area contributed by atoms with Crippen LogP contribution in [0.2, 0.25) is 0 Å². The number of fused-ring (bicyclic) bond motifs is 1. The van der Waals surface area contributed by atoms with Crippen molar-refractivity contribution in [2.24, 2.45) is 11.7 Å². The standard InChI is InChI=1S/C18H25N3O3.ClH/c19-17(22)9-10-24-14-7-5-13(6-8-14)20-18(23)16-11-12-3-1-2-4-15(12)21-16;/h5-8,12,15-16,21H,1-4,9-11H2,(H2,19,22)(H,20,23);1H. The van der Waals surface area contributed by atoms with Gasteiger partial charge >= 0.3 is 0 Å². The first-order valence-corrected chi connectivity index (χ1v) is 8.70. The van der Waals surface area contributed by atoms with Gasteiger partial charge in [-0.3, -0.25) is 9.59 Å². The molecule has 0 bridgehead atoms. The number of amides is 2. The van der Waals surface area contributed by atoms with Crippen molar-refractivity contribution in [3.05, 3.63) is 24.3 Å². The Labute approximate surface area is 154 Å². The SMILES string of the molecule is Cl.NC(=O)CCOc1ccc(NC(=O)C2CC3CCCCC3N2)cc1. The van der Waals surface area contributed by atoms with E-state index in [-0.39, 0.29) is 43.3 Å². The molecule has 4 N–H and O–H groups in total. The summed E-state index contributed by atoms with van der Waals surface area (Å²) >= 11 is 0. The molecule has 1 aliphatic heterocycles. The molecule has 1 aromatic rings. The molecule has 25 heavy (non-hydrogen) atoms. The molecule has 3 atom stereocenters. The van der Waals surface area contributed by atoms with E-state index in [0.717, 1.165) is 12.1 Å². The van der Waals surface area contributed by atoms with Crippen LogP contribution in [0.3, 0.4) is 0 Å². The van der Waals surface area contributed by atoms with Crippen molar-refractivity contribution in [1.82, 2.24) is 5.32 Å². The predicted molar refractivity (Wildman–Crippen MR) is 98.9 cm³/mol. The highest BCUT2D eigenvalue weighted by Gasteiger charge is 2.38. The van der Waals surface area contributed by atoms with E-state index >= 15 is 0 Å². The largest absolute Gasteiger partial charge is 0.493 e. The number of rotatable bonds is 6. The highest BCUT2D eigenvalue weighted by atomic mass is 35.5. The number of ether oxygens (including phenoxy) is 1. The van der Waals surface area contributed by atoms with Crippen molar-refractivity contribution in [3.63, 3.8) is 0 Å². The van der Waals surface area contributed by atoms with Crippen LogP contribution in [0, 0.1) is 5.92 Å². The lowest BCUT2D eigenvalue weighted by molar-refractivity contribution is -0.119. The van der Waals surface area contributed by atoms with Crippen LogP contribution in [0.1, 0.15) is 38.5 Å². The summed E-state index contributed by atoms with van der Waals surface area (Å²) in [6.07, 6.45) is 6.09. The summed E-state index contributed by atoms with van der Waals surface area (Å²) in [7, 11) is 0. The Balaban J connectivity index is 0.00000225. The number of carbonyl (C=O) groups is 2. The van der Waals surface area contributed by atoms with Crippen molar-refractivity contribution in [3.8, 4) is 5.75 Å². The van der Waals surface area contributed by atoms with Gasteiger partial charge in [0.25, 0.3) is 0 Å². The minimum atomic E-state index is -0.386. The molecule has 0 spiro atoms. The second-order valence-corrected chi connectivity index (χ2v) is 6.68. The van der Waals surface area contributed by atoms with Gasteiger partial charge in [0.1, 0.15) is 5.75 Å². The minimum Gasteiger partial charge on any atom is -0.493 e. The number of primary amides is 1. The summed E-state index contributed by atoms with van der Waals surface area (Å²) in [5.74, 6) is 0.949. The maximum Gasteiger partial charge on any atom is 0.241 e. The van der Waals surface area contributed by atoms with Crippen molar-refractivity contribution >= 4 is 29.9 Å². The molecule has 1 heterocycles. The second kappa shape index (κ2) is 9.06. The second-order valence-electron chi connectivity index (χ2n) is 6.68. The molecule has 6 nitrogen and oxygen atoms in total. The molecule has 1 saturated heterocycles. The van der Waals surface area contributed by atoms with Crippen molar-refractivity contribution in [1.29, 1.82) is 0 Å². The van der Waals surface area contributed by atoms with E-state index in [4.69, 9.17) is 10.5 Å². The number of nitrogens with two attached hydrogens (primary N) is 1. The molecule has 3 rings (SSSR count). The fraction of sp³-hybridized carbons (Fsp3) is 0.556. The van der Waals surface area contributed by atoms with Crippen LogP contribution in [0.4, 0.5) is 5.69 Å². The van der Waals surface area contributed by atoms with E-state index in [1.54, 1.807) is 24.3 Å². The lowest BCUT2D eigenvalue weighted by Gasteiger charge is -2.24. The first-order chi connectivity index (χ1) is 11.6. The molecule has 2 fully saturated rings. The molecule has 1 aromatic carbocycles. The van der Waals surface area contributed by atoms with Crippen LogP contribution in [-0.2, 0) is 9.59 Å². The molecular weight excluding hydrogens is 342 g/mol. The molecule has 0 radical (unpaired) electrons. The van der Waals surface area contributed by atoms with Crippen LogP contribution >= 0.6 is 12.4 Å². The van der Waals surface area contributed by atoms with Crippen LogP contribution in [0.15, 0.2) is 24.3 Å². The Morgan fingerprint density at radius 2 is 1.92 bits per heavy atom. The average molecular weight is 368 g/mol. The van der Waals surface area contributed by atoms with Crippen molar-refractivity contribution in [2.45, 2.75) is 50.6 Å². The van der Waals surface area contributed by atoms with Gasteiger partial charge in [-0.05, 0) is 49.4 Å². The molecule has 1 aliphatic carbocycles. The third kappa shape index (κ3) is 5.34. The topological polar surface area (TPSA) is 93.5 Å². The average Bonchev–Trinajstić information content (AvgIpc) is 3.00. The van der Waals surface area contributed by atoms with Gasteiger partial charge in [-0.1, -0.05) is 12.8 Å². The lowest BCUT2D eigenvalue weighted by Crippen LogP contribution is -2.39. The first kappa shape index (κ1) is 19.5. The van der Waals surface area contributed by atoms with Gasteiger partial charge < -0.3 is 21.1 Å². The third-order valence-corrected chi connectivity index (χ3v) is 4.92. The zero-order chi connectivity index (χ0) is 16.9. The number of nitrogens with one attached hydrogen (secondary N) is 2. The summed E-state index contributed by atoms with van der Waals surface area (Å²) < 4.78 is 5.41. The van der Waals surface area contributed by atoms with E-state index in [1.165, 1.54) is 25.7 Å². The fourth-order valence-electron chi connectivity index (χ4n) is 3.65. The quantitative estimate of drug-likeness (QED) is 0.718. The van der Waals surface area contributed by atoms with Gasteiger partial charge in [-0.15, -0.1) is 12.4 Å². The molecular formula is C18H26ClN3O3. The van der Waals surface area contributed by atoms with Crippen molar-refractivity contribution < 1.29 is 14.3 Å². The molecule has 3 unspecified atom stereocenters. The zero-order valence-corrected chi connectivity index (χ0v) is 15.0. The highest BCUT2D eigenvalue weighted by molar-refractivity contribution is 5.95. The monoisotopic (exact) mass is 367 g/mol. The molecule has 1 saturated carbocycles. The molecule has 2 aliphatic rings. The van der Waals surface area contributed by atoms with Crippen molar-refractivity contribution in [2.75, 3.05) is 11.9 Å².